The van der Waals surface area contributed by atoms with Crippen molar-refractivity contribution in [3.05, 3.63) is 54.2 Å². The van der Waals surface area contributed by atoms with E-state index in [0.717, 1.165) is 42.8 Å². The molecule has 1 aliphatic heterocycles. The molecule has 0 aliphatic carbocycles. The summed E-state index contributed by atoms with van der Waals surface area (Å²) in [5.41, 5.74) is 2.88. The molecule has 1 amide bonds. The highest BCUT2D eigenvalue weighted by atomic mass is 16.2. The summed E-state index contributed by atoms with van der Waals surface area (Å²) in [6.07, 6.45) is 10.1. The molecule has 0 radical (unpaired) electrons. The van der Waals surface area contributed by atoms with E-state index in [1.165, 1.54) is 0 Å². The Labute approximate surface area is 140 Å². The van der Waals surface area contributed by atoms with Crippen LogP contribution < -0.4 is 0 Å². The van der Waals surface area contributed by atoms with Gasteiger partial charge in [0.1, 0.15) is 5.65 Å². The van der Waals surface area contributed by atoms with Crippen molar-refractivity contribution < 1.29 is 4.79 Å². The van der Waals surface area contributed by atoms with Gasteiger partial charge in [-0.25, -0.2) is 4.98 Å². The first kappa shape index (κ1) is 14.9. The maximum absolute atomic E-state index is 12.8. The average Bonchev–Trinajstić information content (AvgIpc) is 3.28. The van der Waals surface area contributed by atoms with Crippen molar-refractivity contribution in [2.24, 2.45) is 0 Å². The van der Waals surface area contributed by atoms with Gasteiger partial charge in [0, 0.05) is 31.3 Å². The minimum absolute atomic E-state index is 0.158. The molecule has 4 heterocycles. The average molecular weight is 323 g/mol. The van der Waals surface area contributed by atoms with Gasteiger partial charge in [0.05, 0.1) is 24.7 Å². The van der Waals surface area contributed by atoms with Crippen molar-refractivity contribution in [3.63, 3.8) is 0 Å². The first-order valence-corrected chi connectivity index (χ1v) is 8.41. The first-order valence-electron chi connectivity index (χ1n) is 8.41. The van der Waals surface area contributed by atoms with Gasteiger partial charge in [-0.05, 0) is 37.5 Å². The van der Waals surface area contributed by atoms with Crippen LogP contribution in [0.15, 0.2) is 43.0 Å². The Bertz CT molecular complexity index is 852. The van der Waals surface area contributed by atoms with Gasteiger partial charge in [0.25, 0.3) is 0 Å². The van der Waals surface area contributed by atoms with Crippen LogP contribution in [-0.2, 0) is 17.8 Å². The van der Waals surface area contributed by atoms with E-state index in [-0.39, 0.29) is 11.9 Å². The molecule has 3 aromatic rings. The number of likely N-dealkylation sites (tertiary alicyclic amines) is 1. The predicted octanol–water partition coefficient (Wildman–Crippen LogP) is 2.07. The molecule has 0 saturated carbocycles. The second-order valence-electron chi connectivity index (χ2n) is 6.44. The maximum atomic E-state index is 12.8. The lowest BCUT2D eigenvalue weighted by Gasteiger charge is -2.24. The minimum atomic E-state index is 0.158. The Balaban J connectivity index is 1.49. The van der Waals surface area contributed by atoms with Crippen LogP contribution in [0.3, 0.4) is 0 Å². The summed E-state index contributed by atoms with van der Waals surface area (Å²) in [5.74, 6) is 0.158. The summed E-state index contributed by atoms with van der Waals surface area (Å²) in [7, 11) is 0. The third-order valence-electron chi connectivity index (χ3n) is 4.71. The Morgan fingerprint density at radius 3 is 3.04 bits per heavy atom. The zero-order chi connectivity index (χ0) is 16.5. The van der Waals surface area contributed by atoms with Gasteiger partial charge in [-0.2, -0.15) is 5.10 Å². The number of amides is 1. The van der Waals surface area contributed by atoms with Crippen LogP contribution in [0.4, 0.5) is 0 Å². The van der Waals surface area contributed by atoms with Gasteiger partial charge in [-0.1, -0.05) is 6.07 Å². The highest BCUT2D eigenvalue weighted by molar-refractivity contribution is 5.79. The summed E-state index contributed by atoms with van der Waals surface area (Å²) in [5, 5.41) is 4.26. The van der Waals surface area contributed by atoms with Crippen molar-refractivity contribution in [3.8, 4) is 0 Å². The number of aryl methyl sites for hydroxylation is 1. The smallest absolute Gasteiger partial charge is 0.228 e. The Morgan fingerprint density at radius 1 is 1.33 bits per heavy atom. The van der Waals surface area contributed by atoms with E-state index < -0.39 is 0 Å². The van der Waals surface area contributed by atoms with Crippen LogP contribution in [0.2, 0.25) is 0 Å². The molecule has 1 saturated heterocycles. The van der Waals surface area contributed by atoms with E-state index in [0.29, 0.717) is 6.42 Å². The fourth-order valence-electron chi connectivity index (χ4n) is 3.52. The second-order valence-corrected chi connectivity index (χ2v) is 6.44. The van der Waals surface area contributed by atoms with Crippen molar-refractivity contribution >= 4 is 11.6 Å². The van der Waals surface area contributed by atoms with E-state index in [1.54, 1.807) is 6.20 Å². The van der Waals surface area contributed by atoms with E-state index in [1.807, 2.05) is 57.7 Å². The number of carbonyl (C=O) groups is 1. The third kappa shape index (κ3) is 2.79. The number of aromatic nitrogens is 4. The summed E-state index contributed by atoms with van der Waals surface area (Å²) in [4.78, 5) is 19.4. The highest BCUT2D eigenvalue weighted by Crippen LogP contribution is 2.20. The monoisotopic (exact) mass is 323 g/mol. The number of imidazole rings is 1. The molecule has 0 unspecified atom stereocenters. The van der Waals surface area contributed by atoms with Crippen molar-refractivity contribution in [1.82, 2.24) is 24.1 Å². The molecule has 124 valence electrons. The van der Waals surface area contributed by atoms with Gasteiger partial charge in [0.15, 0.2) is 0 Å². The van der Waals surface area contributed by atoms with E-state index >= 15 is 0 Å². The normalized spacial score (nSPS) is 17.7. The van der Waals surface area contributed by atoms with E-state index in [4.69, 9.17) is 0 Å². The zero-order valence-electron chi connectivity index (χ0n) is 13.8. The summed E-state index contributed by atoms with van der Waals surface area (Å²) >= 11 is 0. The summed E-state index contributed by atoms with van der Waals surface area (Å²) in [6.45, 7) is 3.63. The van der Waals surface area contributed by atoms with Crippen LogP contribution in [0.25, 0.3) is 5.65 Å². The number of hydrogen-bond acceptors (Lipinski definition) is 3. The summed E-state index contributed by atoms with van der Waals surface area (Å²) in [6, 6.07) is 6.18. The van der Waals surface area contributed by atoms with Gasteiger partial charge in [0.2, 0.25) is 5.91 Å². The second kappa shape index (κ2) is 6.11. The first-order chi connectivity index (χ1) is 11.7. The number of hydrogen-bond donors (Lipinski definition) is 0. The van der Waals surface area contributed by atoms with Crippen molar-refractivity contribution in [1.29, 1.82) is 0 Å². The molecule has 0 bridgehead atoms. The van der Waals surface area contributed by atoms with Gasteiger partial charge >= 0.3 is 0 Å². The number of fused-ring (bicyclic) bond motifs is 1. The lowest BCUT2D eigenvalue weighted by Crippen LogP contribution is -2.39. The molecule has 0 aromatic carbocycles. The minimum Gasteiger partial charge on any atom is -0.338 e. The number of nitrogens with zero attached hydrogens (tertiary/aromatic N) is 5. The van der Waals surface area contributed by atoms with Crippen molar-refractivity contribution in [2.75, 3.05) is 6.54 Å². The lowest BCUT2D eigenvalue weighted by atomic mass is 10.2. The van der Waals surface area contributed by atoms with Crippen LogP contribution in [0.1, 0.15) is 24.1 Å². The Morgan fingerprint density at radius 2 is 2.25 bits per heavy atom. The number of carbonyl (C=O) groups excluding carboxylic acids is 1. The SMILES string of the molecule is Cc1cccn2cc(CC(=O)N3CCC[C@H]3Cn3cccn3)nc12. The molecular formula is C18H21N5O. The van der Waals surface area contributed by atoms with Gasteiger partial charge in [-0.15, -0.1) is 0 Å². The largest absolute Gasteiger partial charge is 0.338 e. The Hall–Kier alpha value is -2.63. The Kier molecular flexibility index (Phi) is 3.80. The molecule has 0 N–H and O–H groups in total. The van der Waals surface area contributed by atoms with E-state index in [9.17, 15) is 4.79 Å². The van der Waals surface area contributed by atoms with Crippen molar-refractivity contribution in [2.45, 2.75) is 38.8 Å². The third-order valence-corrected chi connectivity index (χ3v) is 4.71. The molecule has 6 nitrogen and oxygen atoms in total. The molecular weight excluding hydrogens is 302 g/mol. The maximum Gasteiger partial charge on any atom is 0.228 e. The van der Waals surface area contributed by atoms with Crippen LogP contribution >= 0.6 is 0 Å². The predicted molar refractivity (Wildman–Crippen MR) is 90.6 cm³/mol. The molecule has 1 atom stereocenters. The zero-order valence-corrected chi connectivity index (χ0v) is 13.8. The van der Waals surface area contributed by atoms with E-state index in [2.05, 4.69) is 10.1 Å². The number of rotatable bonds is 4. The standard InChI is InChI=1S/C18H21N5O/c1-14-5-2-8-21-12-15(20-18(14)21)11-17(24)23-10-3-6-16(23)13-22-9-4-7-19-22/h2,4-5,7-9,12,16H,3,6,10-11,13H2,1H3/t16-/m0/s1. The highest BCUT2D eigenvalue weighted by Gasteiger charge is 2.29. The fraction of sp³-hybridized carbons (Fsp3) is 0.389. The lowest BCUT2D eigenvalue weighted by molar-refractivity contribution is -0.131. The molecule has 1 fully saturated rings. The van der Waals surface area contributed by atoms with Gasteiger partial charge in [-0.3, -0.25) is 9.48 Å². The quantitative estimate of drug-likeness (QED) is 0.738. The molecule has 24 heavy (non-hydrogen) atoms. The molecule has 3 aromatic heterocycles. The topological polar surface area (TPSA) is 55.4 Å². The molecule has 6 heteroatoms. The van der Waals surface area contributed by atoms with Crippen LogP contribution in [0.5, 0.6) is 0 Å². The summed E-state index contributed by atoms with van der Waals surface area (Å²) < 4.78 is 3.90. The molecule has 1 aliphatic rings. The van der Waals surface area contributed by atoms with Crippen LogP contribution in [-0.4, -0.2) is 42.6 Å². The molecule has 4 rings (SSSR count). The fourth-order valence-corrected chi connectivity index (χ4v) is 3.52. The van der Waals surface area contributed by atoms with Gasteiger partial charge < -0.3 is 9.30 Å². The number of pyridine rings is 1. The molecule has 0 spiro atoms. The van der Waals surface area contributed by atoms with Crippen LogP contribution in [0, 0.1) is 6.92 Å².